The van der Waals surface area contributed by atoms with Gasteiger partial charge < -0.3 is 18.3 Å². The summed E-state index contributed by atoms with van der Waals surface area (Å²) in [6.45, 7) is 22.1. The Balaban J connectivity index is 2.01. The van der Waals surface area contributed by atoms with Gasteiger partial charge in [0.2, 0.25) is 16.6 Å². The fourth-order valence-electron chi connectivity index (χ4n) is 2.62. The molecule has 0 aliphatic rings. The molecule has 0 fully saturated rings. The molecular weight excluding hydrogens is 460 g/mol. The number of para-hydroxylation sites is 2. The molecule has 5 nitrogen and oxygen atoms in total. The smallest absolute Gasteiger partial charge is 0.508 e. The fourth-order valence-corrected chi connectivity index (χ4v) is 4.73. The highest BCUT2D eigenvalue weighted by molar-refractivity contribution is 6.75. The van der Waals surface area contributed by atoms with Gasteiger partial charge in [0.05, 0.1) is 0 Å². The molecule has 0 heterocycles. The molecule has 7 heteroatoms. The van der Waals surface area contributed by atoms with Gasteiger partial charge in [-0.15, -0.1) is 0 Å². The van der Waals surface area contributed by atoms with Crippen LogP contribution in [0, 0.1) is 0 Å². The molecule has 2 aromatic carbocycles. The molecule has 0 aromatic heterocycles. The van der Waals surface area contributed by atoms with Gasteiger partial charge in [-0.1, -0.05) is 77.9 Å². The van der Waals surface area contributed by atoms with E-state index in [2.05, 4.69) is 67.7 Å². The summed E-state index contributed by atoms with van der Waals surface area (Å²) in [6.07, 6.45) is -0.718. The maximum Gasteiger partial charge on any atom is 0.508 e. The van der Waals surface area contributed by atoms with Gasteiger partial charge in [-0.3, -0.25) is 0 Å². The van der Waals surface area contributed by atoms with E-state index in [1.807, 2.05) is 48.5 Å². The van der Waals surface area contributed by atoms with Crippen LogP contribution in [-0.4, -0.2) is 22.8 Å². The Morgan fingerprint density at radius 3 is 1.29 bits per heavy atom. The second kappa shape index (κ2) is 10.6. The van der Waals surface area contributed by atoms with Crippen molar-refractivity contribution < 1.29 is 23.1 Å². The largest absolute Gasteiger partial charge is 0.543 e. The Kier molecular flexibility index (Phi) is 8.69. The summed E-state index contributed by atoms with van der Waals surface area (Å²) in [4.78, 5) is 12.4. The van der Waals surface area contributed by atoms with E-state index in [1.54, 1.807) is 0 Å². The van der Waals surface area contributed by atoms with Crippen LogP contribution in [0.25, 0.3) is 0 Å². The van der Waals surface area contributed by atoms with Crippen molar-refractivity contribution in [2.75, 3.05) is 0 Å². The lowest BCUT2D eigenvalue weighted by Gasteiger charge is -2.37. The Labute approximate surface area is 208 Å². The van der Waals surface area contributed by atoms with E-state index in [1.165, 1.54) is 0 Å². The fraction of sp³-hybridized carbons (Fsp3) is 0.519. The van der Waals surface area contributed by atoms with Gasteiger partial charge in [-0.2, -0.15) is 0 Å². The highest BCUT2D eigenvalue weighted by Crippen LogP contribution is 2.39. The van der Waals surface area contributed by atoms with Gasteiger partial charge in [0.15, 0.2) is 0 Å². The van der Waals surface area contributed by atoms with Crippen LogP contribution in [0.3, 0.4) is 0 Å². The summed E-state index contributed by atoms with van der Waals surface area (Å²) in [7, 11) is -4.03. The third kappa shape index (κ3) is 7.37. The van der Waals surface area contributed by atoms with Crippen LogP contribution in [0.5, 0.6) is 11.5 Å². The molecule has 0 aliphatic heterocycles. The van der Waals surface area contributed by atoms with Crippen LogP contribution in [0.1, 0.15) is 52.7 Å². The lowest BCUT2D eigenvalue weighted by Crippen LogP contribution is -2.44. The Morgan fingerprint density at radius 1 is 0.647 bits per heavy atom. The van der Waals surface area contributed by atoms with Gasteiger partial charge >= 0.3 is 6.16 Å². The van der Waals surface area contributed by atoms with E-state index in [-0.39, 0.29) is 23.3 Å². The molecule has 0 N–H and O–H groups in total. The molecule has 34 heavy (non-hydrogen) atoms. The molecule has 0 radical (unpaired) electrons. The van der Waals surface area contributed by atoms with E-state index in [0.29, 0.717) is 0 Å². The number of carbonyl (C=O) groups excluding carboxylic acids is 1. The van der Waals surface area contributed by atoms with Crippen LogP contribution in [0.2, 0.25) is 36.3 Å². The SMILES string of the molecule is CC(C)(C)[Si](C)(C)Oc1ccccc1COC(=O)OCc1ccccc1O[Si](C)(C)C(C)(C)C. The zero-order chi connectivity index (χ0) is 25.8. The molecule has 2 rings (SSSR count). The average molecular weight is 503 g/mol. The molecule has 0 aliphatic carbocycles. The van der Waals surface area contributed by atoms with Crippen molar-refractivity contribution in [1.29, 1.82) is 0 Å². The molecule has 0 saturated heterocycles. The molecule has 0 spiro atoms. The van der Waals surface area contributed by atoms with Crippen molar-refractivity contribution in [3.05, 3.63) is 59.7 Å². The second-order valence-corrected chi connectivity index (χ2v) is 21.2. The summed E-state index contributed by atoms with van der Waals surface area (Å²) < 4.78 is 23.7. The number of hydrogen-bond donors (Lipinski definition) is 0. The first-order valence-electron chi connectivity index (χ1n) is 11.9. The van der Waals surface area contributed by atoms with Crippen molar-refractivity contribution >= 4 is 22.8 Å². The highest BCUT2D eigenvalue weighted by atomic mass is 28.4. The first kappa shape index (κ1) is 28.0. The number of hydrogen-bond acceptors (Lipinski definition) is 5. The molecule has 0 unspecified atom stereocenters. The Bertz CT molecular complexity index is 894. The van der Waals surface area contributed by atoms with E-state index >= 15 is 0 Å². The quantitative estimate of drug-likeness (QED) is 0.268. The zero-order valence-corrected chi connectivity index (χ0v) is 24.6. The minimum absolute atomic E-state index is 0.0692. The van der Waals surface area contributed by atoms with Gasteiger partial charge in [-0.05, 0) is 48.4 Å². The maximum absolute atomic E-state index is 12.4. The summed E-state index contributed by atoms with van der Waals surface area (Å²) in [5.41, 5.74) is 1.65. The molecular formula is C27H42O5Si2. The van der Waals surface area contributed by atoms with Gasteiger partial charge in [0.1, 0.15) is 24.7 Å². The summed E-state index contributed by atoms with van der Waals surface area (Å²) >= 11 is 0. The number of rotatable bonds is 8. The average Bonchev–Trinajstić information content (AvgIpc) is 2.70. The first-order chi connectivity index (χ1) is 15.5. The topological polar surface area (TPSA) is 54.0 Å². The number of carbonyl (C=O) groups is 1. The summed E-state index contributed by atoms with van der Waals surface area (Å²) in [6, 6.07) is 15.4. The lowest BCUT2D eigenvalue weighted by molar-refractivity contribution is 0.0441. The van der Waals surface area contributed by atoms with Gasteiger partial charge in [0, 0.05) is 11.1 Å². The highest BCUT2D eigenvalue weighted by Gasteiger charge is 2.40. The maximum atomic E-state index is 12.4. The van der Waals surface area contributed by atoms with Crippen molar-refractivity contribution in [2.45, 2.75) is 91.0 Å². The van der Waals surface area contributed by atoms with E-state index < -0.39 is 22.8 Å². The monoisotopic (exact) mass is 502 g/mol. The molecule has 0 saturated carbocycles. The number of ether oxygens (including phenoxy) is 2. The third-order valence-electron chi connectivity index (χ3n) is 6.98. The lowest BCUT2D eigenvalue weighted by atomic mass is 10.2. The van der Waals surface area contributed by atoms with Gasteiger partial charge in [-0.25, -0.2) is 4.79 Å². The summed E-state index contributed by atoms with van der Waals surface area (Å²) in [5.74, 6) is 1.52. The third-order valence-corrected chi connectivity index (χ3v) is 15.7. The van der Waals surface area contributed by atoms with E-state index in [4.69, 9.17) is 18.3 Å². The Morgan fingerprint density at radius 2 is 0.971 bits per heavy atom. The standard InChI is InChI=1S/C27H42O5Si2/c1-26(2,3)33(7,8)31-23-17-13-11-15-21(23)19-29-25(28)30-20-22-16-12-14-18-24(22)32-34(9,10)27(4,5)6/h11-18H,19-20H2,1-10H3. The first-order valence-corrected chi connectivity index (χ1v) is 17.7. The second-order valence-electron chi connectivity index (χ2n) is 11.8. The van der Waals surface area contributed by atoms with Crippen LogP contribution < -0.4 is 8.85 Å². The van der Waals surface area contributed by atoms with Crippen LogP contribution in [0.4, 0.5) is 4.79 Å². The van der Waals surface area contributed by atoms with Crippen molar-refractivity contribution in [3.63, 3.8) is 0 Å². The molecule has 0 bridgehead atoms. The van der Waals surface area contributed by atoms with E-state index in [9.17, 15) is 4.79 Å². The molecule has 2 aromatic rings. The number of benzene rings is 2. The molecule has 0 atom stereocenters. The predicted octanol–water partition coefficient (Wildman–Crippen LogP) is 8.31. The minimum Gasteiger partial charge on any atom is -0.543 e. The van der Waals surface area contributed by atoms with Crippen molar-refractivity contribution in [2.24, 2.45) is 0 Å². The van der Waals surface area contributed by atoms with Crippen LogP contribution in [-0.2, 0) is 22.7 Å². The molecule has 188 valence electrons. The van der Waals surface area contributed by atoms with Crippen molar-refractivity contribution in [3.8, 4) is 11.5 Å². The Hall–Kier alpha value is -2.26. The van der Waals surface area contributed by atoms with Crippen LogP contribution >= 0.6 is 0 Å². The zero-order valence-electron chi connectivity index (χ0n) is 22.6. The molecule has 0 amide bonds. The predicted molar refractivity (Wildman–Crippen MR) is 144 cm³/mol. The van der Waals surface area contributed by atoms with Crippen molar-refractivity contribution in [1.82, 2.24) is 0 Å². The van der Waals surface area contributed by atoms with Crippen LogP contribution in [0.15, 0.2) is 48.5 Å². The summed E-state index contributed by atoms with van der Waals surface area (Å²) in [5, 5.41) is 0.138. The van der Waals surface area contributed by atoms with Gasteiger partial charge in [0.25, 0.3) is 0 Å². The normalized spacial score (nSPS) is 12.8. The van der Waals surface area contributed by atoms with E-state index in [0.717, 1.165) is 22.6 Å². The minimum atomic E-state index is -2.01.